The first-order chi connectivity index (χ1) is 7.66. The molecule has 0 aliphatic heterocycles. The molecule has 16 heavy (non-hydrogen) atoms. The maximum Gasteiger partial charge on any atom is 0.188 e. The molecule has 96 valence electrons. The van der Waals surface area contributed by atoms with E-state index in [9.17, 15) is 0 Å². The van der Waals surface area contributed by atoms with Crippen LogP contribution in [0.1, 0.15) is 20.3 Å². The van der Waals surface area contributed by atoms with Crippen LogP contribution in [0.2, 0.25) is 0 Å². The molecule has 0 aliphatic carbocycles. The zero-order valence-corrected chi connectivity index (χ0v) is 10.7. The molecular weight excluding hydrogens is 206 g/mol. The van der Waals surface area contributed by atoms with E-state index in [-0.39, 0.29) is 0 Å². The van der Waals surface area contributed by atoms with Gasteiger partial charge in [0, 0.05) is 33.4 Å². The third kappa shape index (κ3) is 11.3. The second kappa shape index (κ2) is 10.7. The molecule has 0 atom stereocenters. The number of methoxy groups -OCH3 is 1. The minimum atomic E-state index is 0.473. The van der Waals surface area contributed by atoms with E-state index >= 15 is 0 Å². The number of ether oxygens (including phenoxy) is 2. The third-order valence-electron chi connectivity index (χ3n) is 1.79. The van der Waals surface area contributed by atoms with Crippen molar-refractivity contribution in [2.24, 2.45) is 16.6 Å². The van der Waals surface area contributed by atoms with Crippen molar-refractivity contribution in [3.63, 3.8) is 0 Å². The number of aliphatic imine (C=N–C) groups is 1. The molecule has 0 amide bonds. The number of rotatable bonds is 9. The summed E-state index contributed by atoms with van der Waals surface area (Å²) in [6.45, 7) is 7.84. The van der Waals surface area contributed by atoms with Crippen LogP contribution in [0, 0.1) is 5.92 Å². The van der Waals surface area contributed by atoms with Crippen LogP contribution in [0.25, 0.3) is 0 Å². The molecule has 5 heteroatoms. The van der Waals surface area contributed by atoms with Gasteiger partial charge in [0.2, 0.25) is 0 Å². The molecule has 0 aliphatic rings. The number of hydrogen-bond acceptors (Lipinski definition) is 3. The van der Waals surface area contributed by atoms with Crippen molar-refractivity contribution < 1.29 is 9.47 Å². The smallest absolute Gasteiger partial charge is 0.188 e. The van der Waals surface area contributed by atoms with Gasteiger partial charge in [-0.15, -0.1) is 0 Å². The summed E-state index contributed by atoms with van der Waals surface area (Å²) in [5.74, 6) is 1.06. The molecule has 0 radical (unpaired) electrons. The average Bonchev–Trinajstić information content (AvgIpc) is 2.23. The molecule has 0 aromatic heterocycles. The van der Waals surface area contributed by atoms with Gasteiger partial charge in [0.05, 0.1) is 6.61 Å². The van der Waals surface area contributed by atoms with Gasteiger partial charge in [-0.1, -0.05) is 13.8 Å². The van der Waals surface area contributed by atoms with Crippen LogP contribution in [0.4, 0.5) is 0 Å². The van der Waals surface area contributed by atoms with Crippen LogP contribution in [0.5, 0.6) is 0 Å². The van der Waals surface area contributed by atoms with Crippen molar-refractivity contribution in [3.8, 4) is 0 Å². The molecule has 3 N–H and O–H groups in total. The fraction of sp³-hybridized carbons (Fsp3) is 0.909. The summed E-state index contributed by atoms with van der Waals surface area (Å²) >= 11 is 0. The second-order valence-corrected chi connectivity index (χ2v) is 4.01. The zero-order chi connectivity index (χ0) is 12.2. The lowest BCUT2D eigenvalue weighted by molar-refractivity contribution is 0.109. The molecule has 0 unspecified atom stereocenters. The average molecular weight is 231 g/mol. The lowest BCUT2D eigenvalue weighted by atomic mass is 10.2. The van der Waals surface area contributed by atoms with Crippen molar-refractivity contribution in [1.29, 1.82) is 0 Å². The van der Waals surface area contributed by atoms with Crippen LogP contribution in [0.15, 0.2) is 4.99 Å². The van der Waals surface area contributed by atoms with Crippen molar-refractivity contribution in [2.45, 2.75) is 20.3 Å². The molecule has 0 saturated carbocycles. The van der Waals surface area contributed by atoms with Crippen LogP contribution in [-0.2, 0) is 9.47 Å². The SMILES string of the molecule is COCCNC(N)=NCCCOCC(C)C. The lowest BCUT2D eigenvalue weighted by Crippen LogP contribution is -2.34. The first-order valence-electron chi connectivity index (χ1n) is 5.77. The summed E-state index contributed by atoms with van der Waals surface area (Å²) < 4.78 is 10.3. The number of nitrogens with zero attached hydrogens (tertiary/aromatic N) is 1. The highest BCUT2D eigenvalue weighted by Crippen LogP contribution is 1.93. The molecule has 0 fully saturated rings. The summed E-state index contributed by atoms with van der Waals surface area (Å²) in [5.41, 5.74) is 5.62. The van der Waals surface area contributed by atoms with E-state index in [0.717, 1.165) is 19.6 Å². The molecule has 0 aromatic rings. The number of nitrogens with two attached hydrogens (primary N) is 1. The normalized spacial score (nSPS) is 12.1. The van der Waals surface area contributed by atoms with Crippen molar-refractivity contribution in [1.82, 2.24) is 5.32 Å². The van der Waals surface area contributed by atoms with Gasteiger partial charge in [0.15, 0.2) is 5.96 Å². The Hall–Kier alpha value is -0.810. The number of guanidine groups is 1. The van der Waals surface area contributed by atoms with Gasteiger partial charge in [0.25, 0.3) is 0 Å². The van der Waals surface area contributed by atoms with Gasteiger partial charge >= 0.3 is 0 Å². The summed E-state index contributed by atoms with van der Waals surface area (Å²) in [7, 11) is 1.65. The van der Waals surface area contributed by atoms with Gasteiger partial charge in [0.1, 0.15) is 0 Å². The van der Waals surface area contributed by atoms with Crippen molar-refractivity contribution in [2.75, 3.05) is 40.0 Å². The van der Waals surface area contributed by atoms with E-state index in [2.05, 4.69) is 24.2 Å². The Bertz CT molecular complexity index is 184. The fourth-order valence-electron chi connectivity index (χ4n) is 1.02. The third-order valence-corrected chi connectivity index (χ3v) is 1.79. The molecule has 0 aromatic carbocycles. The Kier molecular flexibility index (Phi) is 10.2. The highest BCUT2D eigenvalue weighted by Gasteiger charge is 1.94. The Balaban J connectivity index is 3.30. The van der Waals surface area contributed by atoms with Crippen molar-refractivity contribution in [3.05, 3.63) is 0 Å². The van der Waals surface area contributed by atoms with Crippen LogP contribution >= 0.6 is 0 Å². The highest BCUT2D eigenvalue weighted by atomic mass is 16.5. The number of hydrogen-bond donors (Lipinski definition) is 2. The largest absolute Gasteiger partial charge is 0.383 e. The first-order valence-corrected chi connectivity index (χ1v) is 5.77. The van der Waals surface area contributed by atoms with Gasteiger partial charge in [-0.2, -0.15) is 0 Å². The van der Waals surface area contributed by atoms with Crippen LogP contribution in [-0.4, -0.2) is 46.0 Å². The summed E-state index contributed by atoms with van der Waals surface area (Å²) in [4.78, 5) is 4.16. The van der Waals surface area contributed by atoms with Gasteiger partial charge in [-0.05, 0) is 12.3 Å². The van der Waals surface area contributed by atoms with Gasteiger partial charge in [-0.3, -0.25) is 4.99 Å². The molecule has 0 bridgehead atoms. The highest BCUT2D eigenvalue weighted by molar-refractivity contribution is 5.77. The quantitative estimate of drug-likeness (QED) is 0.346. The second-order valence-electron chi connectivity index (χ2n) is 4.01. The lowest BCUT2D eigenvalue weighted by Gasteiger charge is -2.06. The van der Waals surface area contributed by atoms with Crippen LogP contribution in [0.3, 0.4) is 0 Å². The Morgan fingerprint density at radius 1 is 1.38 bits per heavy atom. The molecule has 0 rings (SSSR count). The fourth-order valence-corrected chi connectivity index (χ4v) is 1.02. The van der Waals surface area contributed by atoms with Crippen LogP contribution < -0.4 is 11.1 Å². The van der Waals surface area contributed by atoms with E-state index in [1.807, 2.05) is 0 Å². The van der Waals surface area contributed by atoms with Crippen molar-refractivity contribution >= 4 is 5.96 Å². The zero-order valence-electron chi connectivity index (χ0n) is 10.7. The van der Waals surface area contributed by atoms with E-state index < -0.39 is 0 Å². The minimum Gasteiger partial charge on any atom is -0.383 e. The predicted octanol–water partition coefficient (Wildman–Crippen LogP) is 0.600. The summed E-state index contributed by atoms with van der Waals surface area (Å²) in [6.07, 6.45) is 0.902. The summed E-state index contributed by atoms with van der Waals surface area (Å²) in [6, 6.07) is 0. The Morgan fingerprint density at radius 2 is 2.12 bits per heavy atom. The first kappa shape index (κ1) is 15.2. The minimum absolute atomic E-state index is 0.473. The topological polar surface area (TPSA) is 68.9 Å². The molecule has 5 nitrogen and oxygen atoms in total. The summed E-state index contributed by atoms with van der Waals surface area (Å²) in [5, 5.41) is 2.95. The Labute approximate surface area is 98.4 Å². The number of nitrogens with one attached hydrogen (secondary N) is 1. The molecule has 0 saturated heterocycles. The van der Waals surface area contributed by atoms with E-state index in [0.29, 0.717) is 31.6 Å². The van der Waals surface area contributed by atoms with Gasteiger partial charge in [-0.25, -0.2) is 0 Å². The van der Waals surface area contributed by atoms with E-state index in [1.165, 1.54) is 0 Å². The molecule has 0 heterocycles. The van der Waals surface area contributed by atoms with E-state index in [4.69, 9.17) is 15.2 Å². The molecule has 0 spiro atoms. The standard InChI is InChI=1S/C11H25N3O2/c1-10(2)9-16-7-4-5-13-11(12)14-6-8-15-3/h10H,4-9H2,1-3H3,(H3,12,13,14). The Morgan fingerprint density at radius 3 is 2.75 bits per heavy atom. The maximum atomic E-state index is 5.62. The predicted molar refractivity (Wildman–Crippen MR) is 66.6 cm³/mol. The van der Waals surface area contributed by atoms with E-state index in [1.54, 1.807) is 7.11 Å². The molecular formula is C11H25N3O2. The maximum absolute atomic E-state index is 5.62. The van der Waals surface area contributed by atoms with Gasteiger partial charge < -0.3 is 20.5 Å². The monoisotopic (exact) mass is 231 g/mol.